The SMILES string of the molecule is CCC/C=C\CCCCCCCC(=O)OC(COCCCCCCCCCCCCCCCCCCCCCCCCCCCC)COP(=O)(O)OCCN. The number of esters is 1. The molecule has 0 aliphatic heterocycles. The summed E-state index contributed by atoms with van der Waals surface area (Å²) in [5.74, 6) is -0.337. The van der Waals surface area contributed by atoms with E-state index >= 15 is 0 Å². The largest absolute Gasteiger partial charge is 0.472 e. The average Bonchev–Trinajstić information content (AvgIpc) is 3.17. The van der Waals surface area contributed by atoms with Crippen molar-refractivity contribution in [2.75, 3.05) is 33.0 Å². The van der Waals surface area contributed by atoms with Crippen molar-refractivity contribution in [1.82, 2.24) is 0 Å². The molecular formula is C46H92NO7P. The zero-order chi connectivity index (χ0) is 40.2. The van der Waals surface area contributed by atoms with Crippen LogP contribution in [0.5, 0.6) is 0 Å². The summed E-state index contributed by atoms with van der Waals surface area (Å²) in [5.41, 5.74) is 5.37. The van der Waals surface area contributed by atoms with Crippen LogP contribution in [0.1, 0.15) is 239 Å². The molecule has 0 rings (SSSR count). The molecule has 0 aliphatic carbocycles. The van der Waals surface area contributed by atoms with Gasteiger partial charge in [-0.3, -0.25) is 13.8 Å². The minimum atomic E-state index is -4.27. The first-order valence-corrected chi connectivity index (χ1v) is 25.2. The topological polar surface area (TPSA) is 117 Å². The molecule has 3 N–H and O–H groups in total. The zero-order valence-corrected chi connectivity index (χ0v) is 37.3. The molecule has 328 valence electrons. The Balaban J connectivity index is 3.78. The predicted octanol–water partition coefficient (Wildman–Crippen LogP) is 14.3. The van der Waals surface area contributed by atoms with E-state index < -0.39 is 13.9 Å². The van der Waals surface area contributed by atoms with Crippen LogP contribution in [0.15, 0.2) is 12.2 Å². The maximum Gasteiger partial charge on any atom is 0.472 e. The molecule has 2 unspecified atom stereocenters. The molecule has 8 nitrogen and oxygen atoms in total. The van der Waals surface area contributed by atoms with Gasteiger partial charge < -0.3 is 20.1 Å². The number of carbonyl (C=O) groups is 1. The van der Waals surface area contributed by atoms with Crippen LogP contribution in [-0.2, 0) is 27.9 Å². The van der Waals surface area contributed by atoms with Crippen molar-refractivity contribution in [2.24, 2.45) is 5.73 Å². The normalized spacial score (nSPS) is 13.5. The number of nitrogens with two attached hydrogens (primary N) is 1. The lowest BCUT2D eigenvalue weighted by Crippen LogP contribution is -2.28. The molecule has 2 atom stereocenters. The predicted molar refractivity (Wildman–Crippen MR) is 234 cm³/mol. The molecular weight excluding hydrogens is 709 g/mol. The third kappa shape index (κ3) is 44.2. The van der Waals surface area contributed by atoms with E-state index in [-0.39, 0.29) is 32.3 Å². The van der Waals surface area contributed by atoms with E-state index in [0.29, 0.717) is 13.0 Å². The molecule has 0 aromatic heterocycles. The Morgan fingerprint density at radius 2 is 0.945 bits per heavy atom. The Morgan fingerprint density at radius 1 is 0.527 bits per heavy atom. The van der Waals surface area contributed by atoms with Gasteiger partial charge in [-0.1, -0.05) is 212 Å². The summed E-state index contributed by atoms with van der Waals surface area (Å²) in [6.45, 7) is 4.89. The maximum atomic E-state index is 12.5. The van der Waals surface area contributed by atoms with E-state index in [1.165, 1.54) is 167 Å². The van der Waals surface area contributed by atoms with Crippen LogP contribution in [0, 0.1) is 0 Å². The van der Waals surface area contributed by atoms with E-state index in [1.54, 1.807) is 0 Å². The molecule has 0 radical (unpaired) electrons. The van der Waals surface area contributed by atoms with Gasteiger partial charge in [0.1, 0.15) is 6.10 Å². The molecule has 9 heteroatoms. The number of phosphoric acid groups is 1. The Bertz CT molecular complexity index is 858. The lowest BCUT2D eigenvalue weighted by Gasteiger charge is -2.20. The number of hydrogen-bond acceptors (Lipinski definition) is 7. The number of rotatable bonds is 46. The second kappa shape index (κ2) is 44.3. The molecule has 0 aromatic carbocycles. The first-order valence-electron chi connectivity index (χ1n) is 23.7. The monoisotopic (exact) mass is 802 g/mol. The third-order valence-electron chi connectivity index (χ3n) is 10.4. The van der Waals surface area contributed by atoms with E-state index in [4.69, 9.17) is 24.3 Å². The fraction of sp³-hybridized carbons (Fsp3) is 0.935. The molecule has 0 aromatic rings. The van der Waals surface area contributed by atoms with Crippen molar-refractivity contribution in [3.8, 4) is 0 Å². The molecule has 0 bridgehead atoms. The van der Waals surface area contributed by atoms with Crippen LogP contribution in [0.4, 0.5) is 0 Å². The highest BCUT2D eigenvalue weighted by atomic mass is 31.2. The van der Waals surface area contributed by atoms with Gasteiger partial charge in [-0.05, 0) is 32.1 Å². The van der Waals surface area contributed by atoms with Crippen molar-refractivity contribution in [2.45, 2.75) is 245 Å². The second-order valence-electron chi connectivity index (χ2n) is 16.0. The van der Waals surface area contributed by atoms with Gasteiger partial charge in [0, 0.05) is 19.6 Å². The van der Waals surface area contributed by atoms with Crippen molar-refractivity contribution < 1.29 is 32.8 Å². The lowest BCUT2D eigenvalue weighted by molar-refractivity contribution is -0.154. The van der Waals surface area contributed by atoms with Gasteiger partial charge in [-0.25, -0.2) is 4.57 Å². The van der Waals surface area contributed by atoms with Gasteiger partial charge in [0.05, 0.1) is 19.8 Å². The van der Waals surface area contributed by atoms with Gasteiger partial charge in [-0.15, -0.1) is 0 Å². The molecule has 0 amide bonds. The number of ether oxygens (including phenoxy) is 2. The zero-order valence-electron chi connectivity index (χ0n) is 36.4. The van der Waals surface area contributed by atoms with Crippen molar-refractivity contribution in [3.63, 3.8) is 0 Å². The van der Waals surface area contributed by atoms with E-state index in [2.05, 4.69) is 26.0 Å². The van der Waals surface area contributed by atoms with Gasteiger partial charge in [0.2, 0.25) is 0 Å². The lowest BCUT2D eigenvalue weighted by atomic mass is 10.0. The van der Waals surface area contributed by atoms with E-state index in [9.17, 15) is 14.3 Å². The van der Waals surface area contributed by atoms with Gasteiger partial charge >= 0.3 is 13.8 Å². The quantitative estimate of drug-likeness (QED) is 0.0270. The molecule has 0 saturated carbocycles. The van der Waals surface area contributed by atoms with Crippen molar-refractivity contribution >= 4 is 13.8 Å². The van der Waals surface area contributed by atoms with Crippen LogP contribution in [0.2, 0.25) is 0 Å². The number of allylic oxidation sites excluding steroid dienone is 2. The summed E-state index contributed by atoms with van der Waals surface area (Å²) in [5, 5.41) is 0. The summed E-state index contributed by atoms with van der Waals surface area (Å²) in [7, 11) is -4.27. The van der Waals surface area contributed by atoms with Crippen molar-refractivity contribution in [3.05, 3.63) is 12.2 Å². The summed E-state index contributed by atoms with van der Waals surface area (Å²) in [6, 6.07) is 0. The Hall–Kier alpha value is -0.760. The minimum Gasteiger partial charge on any atom is -0.457 e. The molecule has 0 fully saturated rings. The number of phosphoric ester groups is 1. The number of carbonyl (C=O) groups excluding carboxylic acids is 1. The summed E-state index contributed by atoms with van der Waals surface area (Å²) in [6.07, 6.45) is 48.4. The second-order valence-corrected chi connectivity index (χ2v) is 17.4. The molecule has 0 heterocycles. The van der Waals surface area contributed by atoms with Crippen LogP contribution in [0.3, 0.4) is 0 Å². The number of hydrogen-bond donors (Lipinski definition) is 2. The van der Waals surface area contributed by atoms with Crippen LogP contribution >= 0.6 is 7.82 Å². The fourth-order valence-electron chi connectivity index (χ4n) is 6.94. The Morgan fingerprint density at radius 3 is 1.40 bits per heavy atom. The van der Waals surface area contributed by atoms with E-state index in [0.717, 1.165) is 51.4 Å². The highest BCUT2D eigenvalue weighted by Gasteiger charge is 2.25. The summed E-state index contributed by atoms with van der Waals surface area (Å²) in [4.78, 5) is 22.4. The minimum absolute atomic E-state index is 0.0939. The molecule has 0 spiro atoms. The van der Waals surface area contributed by atoms with Gasteiger partial charge in [0.25, 0.3) is 0 Å². The standard InChI is InChI=1S/C46H92NO7P/c1-3-5-7-9-11-13-15-16-17-18-19-20-21-22-23-24-25-26-27-28-29-30-32-34-36-38-41-51-43-45(44-53-55(49,50)52-42-40-47)54-46(48)39-37-35-33-31-14-12-10-8-6-4-2/h8,10,45H,3-7,9,11-44,47H2,1-2H3,(H,49,50)/b10-8-. The van der Waals surface area contributed by atoms with Crippen molar-refractivity contribution in [1.29, 1.82) is 0 Å². The maximum absolute atomic E-state index is 12.5. The fourth-order valence-corrected chi connectivity index (χ4v) is 7.71. The van der Waals surface area contributed by atoms with E-state index in [1.807, 2.05) is 0 Å². The first-order chi connectivity index (χ1) is 26.9. The first kappa shape index (κ1) is 54.2. The third-order valence-corrected chi connectivity index (χ3v) is 11.4. The van der Waals surface area contributed by atoms with Crippen LogP contribution < -0.4 is 5.73 Å². The number of unbranched alkanes of at least 4 members (excludes halogenated alkanes) is 31. The molecule has 0 aliphatic rings. The van der Waals surface area contributed by atoms with Gasteiger partial charge in [-0.2, -0.15) is 0 Å². The highest BCUT2D eigenvalue weighted by Crippen LogP contribution is 2.43. The van der Waals surface area contributed by atoms with Gasteiger partial charge in [0.15, 0.2) is 0 Å². The Kier molecular flexibility index (Phi) is 43.7. The van der Waals surface area contributed by atoms with Crippen LogP contribution in [-0.4, -0.2) is 49.9 Å². The highest BCUT2D eigenvalue weighted by molar-refractivity contribution is 7.47. The Labute approximate surface area is 341 Å². The van der Waals surface area contributed by atoms with Crippen LogP contribution in [0.25, 0.3) is 0 Å². The summed E-state index contributed by atoms with van der Waals surface area (Å²) < 4.78 is 33.4. The smallest absolute Gasteiger partial charge is 0.457 e. The molecule has 0 saturated heterocycles. The molecule has 55 heavy (non-hydrogen) atoms. The average molecular weight is 802 g/mol. The summed E-state index contributed by atoms with van der Waals surface area (Å²) >= 11 is 0.